The molecule has 0 radical (unpaired) electrons. The summed E-state index contributed by atoms with van der Waals surface area (Å²) >= 11 is 12.0. The Kier molecular flexibility index (Phi) is 4.65. The molecule has 20 heavy (non-hydrogen) atoms. The Morgan fingerprint density at radius 3 is 2.20 bits per heavy atom. The molecule has 7 heteroatoms. The van der Waals surface area contributed by atoms with Crippen LogP contribution in [0.5, 0.6) is 0 Å². The van der Waals surface area contributed by atoms with Crippen molar-refractivity contribution in [3.8, 4) is 0 Å². The van der Waals surface area contributed by atoms with E-state index in [0.717, 1.165) is 11.3 Å². The van der Waals surface area contributed by atoms with Gasteiger partial charge in [-0.15, -0.1) is 0 Å². The van der Waals surface area contributed by atoms with Crippen LogP contribution in [0, 0.1) is 0 Å². The monoisotopic (exact) mass is 311 g/mol. The lowest BCUT2D eigenvalue weighted by Crippen LogP contribution is -2.14. The van der Waals surface area contributed by atoms with Crippen molar-refractivity contribution in [1.82, 2.24) is 9.97 Å². The Morgan fingerprint density at radius 2 is 1.65 bits per heavy atom. The Balaban J connectivity index is 2.42. The number of aromatic nitrogens is 2. The van der Waals surface area contributed by atoms with Gasteiger partial charge in [-0.05, 0) is 24.1 Å². The first kappa shape index (κ1) is 14.8. The van der Waals surface area contributed by atoms with E-state index in [1.807, 2.05) is 13.8 Å². The van der Waals surface area contributed by atoms with Crippen LogP contribution in [0.15, 0.2) is 24.5 Å². The molecule has 2 rings (SSSR count). The van der Waals surface area contributed by atoms with Gasteiger partial charge in [0.1, 0.15) is 18.0 Å². The molecule has 1 aromatic heterocycles. The molecule has 0 aliphatic rings. The highest BCUT2D eigenvalue weighted by Crippen LogP contribution is 2.31. The average Bonchev–Trinajstić information content (AvgIpc) is 2.36. The van der Waals surface area contributed by atoms with E-state index in [2.05, 4.69) is 20.7 Å². The molecule has 0 unspecified atom stereocenters. The highest BCUT2D eigenvalue weighted by atomic mass is 35.5. The predicted molar refractivity (Wildman–Crippen MR) is 83.7 cm³/mol. The fraction of sp³-hybridized carbons (Fsp3) is 0.231. The number of benzene rings is 1. The van der Waals surface area contributed by atoms with Crippen LogP contribution < -0.4 is 16.6 Å². The summed E-state index contributed by atoms with van der Waals surface area (Å²) < 4.78 is 0. The van der Waals surface area contributed by atoms with E-state index in [-0.39, 0.29) is 5.92 Å². The average molecular weight is 312 g/mol. The molecule has 0 spiro atoms. The normalized spacial score (nSPS) is 10.7. The van der Waals surface area contributed by atoms with Gasteiger partial charge in [0.25, 0.3) is 0 Å². The van der Waals surface area contributed by atoms with Crippen molar-refractivity contribution in [1.29, 1.82) is 0 Å². The van der Waals surface area contributed by atoms with Crippen LogP contribution in [0.1, 0.15) is 25.3 Å². The van der Waals surface area contributed by atoms with E-state index in [1.165, 1.54) is 6.33 Å². The zero-order chi connectivity index (χ0) is 14.7. The largest absolute Gasteiger partial charge is 0.340 e. The lowest BCUT2D eigenvalue weighted by Gasteiger charge is -2.16. The summed E-state index contributed by atoms with van der Waals surface area (Å²) in [6.07, 6.45) is 1.44. The molecular weight excluding hydrogens is 297 g/mol. The molecule has 0 atom stereocenters. The second-order valence-electron chi connectivity index (χ2n) is 4.57. The van der Waals surface area contributed by atoms with E-state index in [1.54, 1.807) is 18.2 Å². The third kappa shape index (κ3) is 3.30. The first-order valence-corrected chi connectivity index (χ1v) is 6.81. The van der Waals surface area contributed by atoms with Gasteiger partial charge in [-0.25, -0.2) is 15.8 Å². The van der Waals surface area contributed by atoms with Crippen LogP contribution in [0.3, 0.4) is 0 Å². The molecule has 0 aliphatic carbocycles. The maximum atomic E-state index is 5.99. The summed E-state index contributed by atoms with van der Waals surface area (Å²) in [5, 5.41) is 4.30. The third-order valence-corrected chi connectivity index (χ3v) is 3.16. The van der Waals surface area contributed by atoms with Gasteiger partial charge in [-0.3, -0.25) is 0 Å². The van der Waals surface area contributed by atoms with E-state index in [0.29, 0.717) is 21.7 Å². The molecular formula is C13H15Cl2N5. The van der Waals surface area contributed by atoms with Gasteiger partial charge < -0.3 is 10.7 Å². The van der Waals surface area contributed by atoms with E-state index in [4.69, 9.17) is 29.0 Å². The molecule has 0 bridgehead atoms. The molecule has 1 aromatic carbocycles. The fourth-order valence-corrected chi connectivity index (χ4v) is 2.45. The van der Waals surface area contributed by atoms with Gasteiger partial charge >= 0.3 is 0 Å². The molecule has 4 N–H and O–H groups in total. The molecule has 1 heterocycles. The molecule has 0 saturated carbocycles. The molecule has 0 amide bonds. The van der Waals surface area contributed by atoms with E-state index >= 15 is 0 Å². The van der Waals surface area contributed by atoms with E-state index < -0.39 is 0 Å². The van der Waals surface area contributed by atoms with Crippen LogP contribution >= 0.6 is 23.2 Å². The molecule has 0 saturated heterocycles. The topological polar surface area (TPSA) is 75.9 Å². The number of hydrogen-bond acceptors (Lipinski definition) is 5. The van der Waals surface area contributed by atoms with Crippen molar-refractivity contribution in [2.24, 2.45) is 5.84 Å². The summed E-state index contributed by atoms with van der Waals surface area (Å²) in [5.74, 6) is 6.94. The van der Waals surface area contributed by atoms with Crippen LogP contribution in [0.4, 0.5) is 17.3 Å². The number of hydrogen-bond donors (Lipinski definition) is 3. The van der Waals surface area contributed by atoms with Gasteiger partial charge in [-0.2, -0.15) is 0 Å². The van der Waals surface area contributed by atoms with Crippen LogP contribution in [-0.4, -0.2) is 9.97 Å². The zero-order valence-corrected chi connectivity index (χ0v) is 12.6. The quantitative estimate of drug-likeness (QED) is 0.589. The Morgan fingerprint density at radius 1 is 1.05 bits per heavy atom. The highest BCUT2D eigenvalue weighted by molar-refractivity contribution is 6.35. The Hall–Kier alpha value is -1.56. The molecule has 0 fully saturated rings. The second-order valence-corrected chi connectivity index (χ2v) is 5.44. The second kappa shape index (κ2) is 6.26. The summed E-state index contributed by atoms with van der Waals surface area (Å²) in [5.41, 5.74) is 4.23. The number of nitrogen functional groups attached to an aromatic ring is 1. The highest BCUT2D eigenvalue weighted by Gasteiger charge is 2.14. The summed E-state index contributed by atoms with van der Waals surface area (Å²) in [7, 11) is 0. The van der Waals surface area contributed by atoms with Gasteiger partial charge in [0.05, 0.1) is 0 Å². The first-order chi connectivity index (χ1) is 9.51. The van der Waals surface area contributed by atoms with Gasteiger partial charge in [0.15, 0.2) is 0 Å². The van der Waals surface area contributed by atoms with Crippen molar-refractivity contribution < 1.29 is 0 Å². The van der Waals surface area contributed by atoms with Crippen LogP contribution in [0.25, 0.3) is 0 Å². The third-order valence-electron chi connectivity index (χ3n) is 2.72. The Bertz CT molecular complexity index is 595. The Labute approximate surface area is 127 Å². The number of anilines is 3. The maximum absolute atomic E-state index is 5.99. The maximum Gasteiger partial charge on any atom is 0.148 e. The van der Waals surface area contributed by atoms with Gasteiger partial charge in [-0.1, -0.05) is 37.0 Å². The number of hydrazine groups is 1. The van der Waals surface area contributed by atoms with Gasteiger partial charge in [0.2, 0.25) is 0 Å². The minimum absolute atomic E-state index is 0.194. The van der Waals surface area contributed by atoms with Crippen molar-refractivity contribution in [2.45, 2.75) is 19.8 Å². The minimum Gasteiger partial charge on any atom is -0.340 e. The lowest BCUT2D eigenvalue weighted by atomic mass is 10.0. The molecule has 5 nitrogen and oxygen atoms in total. The van der Waals surface area contributed by atoms with Gasteiger partial charge in [0, 0.05) is 21.3 Å². The minimum atomic E-state index is 0.194. The van der Waals surface area contributed by atoms with Crippen molar-refractivity contribution in [3.05, 3.63) is 40.1 Å². The first-order valence-electron chi connectivity index (χ1n) is 6.06. The van der Waals surface area contributed by atoms with Crippen molar-refractivity contribution >= 4 is 40.5 Å². The zero-order valence-electron chi connectivity index (χ0n) is 11.1. The standard InChI is InChI=1S/C13H15Cl2N5/c1-7(2)11-12(17-6-18-13(11)20-16)19-10-4-8(14)3-9(15)5-10/h3-7H,16H2,1-2H3,(H2,17,18,19,20). The molecule has 0 aliphatic heterocycles. The lowest BCUT2D eigenvalue weighted by molar-refractivity contribution is 0.850. The van der Waals surface area contributed by atoms with Crippen molar-refractivity contribution in [3.63, 3.8) is 0 Å². The van der Waals surface area contributed by atoms with E-state index in [9.17, 15) is 0 Å². The van der Waals surface area contributed by atoms with Crippen molar-refractivity contribution in [2.75, 3.05) is 10.7 Å². The van der Waals surface area contributed by atoms with Crippen LogP contribution in [0.2, 0.25) is 10.0 Å². The summed E-state index contributed by atoms with van der Waals surface area (Å²) in [6, 6.07) is 5.22. The summed E-state index contributed by atoms with van der Waals surface area (Å²) in [4.78, 5) is 8.38. The number of nitrogens with two attached hydrogens (primary N) is 1. The predicted octanol–water partition coefficient (Wildman–Crippen LogP) is 3.94. The number of halogens is 2. The summed E-state index contributed by atoms with van der Waals surface area (Å²) in [6.45, 7) is 4.07. The molecule has 106 valence electrons. The SMILES string of the molecule is CC(C)c1c(NN)ncnc1Nc1cc(Cl)cc(Cl)c1. The number of rotatable bonds is 4. The van der Waals surface area contributed by atoms with Crippen LogP contribution in [-0.2, 0) is 0 Å². The fourth-order valence-electron chi connectivity index (χ4n) is 1.92. The molecule has 2 aromatic rings. The number of nitrogens with zero attached hydrogens (tertiary/aromatic N) is 2. The number of nitrogens with one attached hydrogen (secondary N) is 2. The smallest absolute Gasteiger partial charge is 0.148 e.